The third-order valence-electron chi connectivity index (χ3n) is 3.65. The van der Waals surface area contributed by atoms with Gasteiger partial charge in [0.2, 0.25) is 0 Å². The number of amides is 2. The van der Waals surface area contributed by atoms with E-state index in [0.717, 1.165) is 5.56 Å². The Hall–Kier alpha value is -3.12. The summed E-state index contributed by atoms with van der Waals surface area (Å²) in [7, 11) is 0. The first-order valence-corrected chi connectivity index (χ1v) is 7.40. The highest BCUT2D eigenvalue weighted by Crippen LogP contribution is 2.34. The van der Waals surface area contributed by atoms with Crippen molar-refractivity contribution in [2.75, 3.05) is 11.5 Å². The molecule has 0 atom stereocenters. The van der Waals surface area contributed by atoms with Crippen LogP contribution >= 0.6 is 0 Å². The molecular weight excluding hydrogens is 308 g/mol. The van der Waals surface area contributed by atoms with E-state index in [2.05, 4.69) is 0 Å². The van der Waals surface area contributed by atoms with E-state index >= 15 is 0 Å². The van der Waals surface area contributed by atoms with Crippen molar-refractivity contribution in [3.8, 4) is 5.75 Å². The Morgan fingerprint density at radius 3 is 2.79 bits per heavy atom. The summed E-state index contributed by atoms with van der Waals surface area (Å²) in [4.78, 5) is 25.0. The van der Waals surface area contributed by atoms with Crippen molar-refractivity contribution < 1.29 is 19.5 Å². The van der Waals surface area contributed by atoms with Gasteiger partial charge in [-0.05, 0) is 29.3 Å². The zero-order valence-corrected chi connectivity index (χ0v) is 12.8. The second-order valence-corrected chi connectivity index (χ2v) is 5.29. The van der Waals surface area contributed by atoms with Gasteiger partial charge in [-0.25, -0.2) is 5.48 Å². The average Bonchev–Trinajstić information content (AvgIpc) is 2.63. The fourth-order valence-electron chi connectivity index (χ4n) is 2.47. The Bertz CT molecular complexity index is 787. The lowest BCUT2D eigenvalue weighted by molar-refractivity contribution is -0.124. The SMILES string of the molecule is O=C(/C=C/c1ccc2c(c1)N(Cc1ccccc1)C(=O)CO2)NO. The lowest BCUT2D eigenvalue weighted by Crippen LogP contribution is -2.38. The number of carbonyl (C=O) groups excluding carboxylic acids is 2. The molecule has 6 heteroatoms. The summed E-state index contributed by atoms with van der Waals surface area (Å²) in [5.74, 6) is -0.129. The van der Waals surface area contributed by atoms with Crippen LogP contribution in [0.1, 0.15) is 11.1 Å². The van der Waals surface area contributed by atoms with Gasteiger partial charge < -0.3 is 9.64 Å². The fraction of sp³-hybridized carbons (Fsp3) is 0.111. The smallest absolute Gasteiger partial charge is 0.267 e. The van der Waals surface area contributed by atoms with Crippen LogP contribution in [0, 0.1) is 0 Å². The first kappa shape index (κ1) is 15.8. The number of fused-ring (bicyclic) bond motifs is 1. The number of hydrogen-bond donors (Lipinski definition) is 2. The predicted molar refractivity (Wildman–Crippen MR) is 88.5 cm³/mol. The van der Waals surface area contributed by atoms with Gasteiger partial charge in [0.15, 0.2) is 6.61 Å². The maximum absolute atomic E-state index is 12.3. The number of ether oxygens (including phenoxy) is 1. The zero-order chi connectivity index (χ0) is 16.9. The van der Waals surface area contributed by atoms with Gasteiger partial charge in [0.25, 0.3) is 11.8 Å². The van der Waals surface area contributed by atoms with Gasteiger partial charge in [0.1, 0.15) is 5.75 Å². The Morgan fingerprint density at radius 2 is 2.04 bits per heavy atom. The predicted octanol–water partition coefficient (Wildman–Crippen LogP) is 2.13. The third-order valence-corrected chi connectivity index (χ3v) is 3.65. The topological polar surface area (TPSA) is 78.9 Å². The monoisotopic (exact) mass is 324 g/mol. The maximum atomic E-state index is 12.3. The molecule has 0 unspecified atom stereocenters. The largest absolute Gasteiger partial charge is 0.482 e. The van der Waals surface area contributed by atoms with Crippen molar-refractivity contribution in [3.05, 3.63) is 65.7 Å². The number of hydrogen-bond acceptors (Lipinski definition) is 4. The molecule has 0 spiro atoms. The molecule has 0 saturated heterocycles. The number of hydroxylamine groups is 1. The quantitative estimate of drug-likeness (QED) is 0.513. The summed E-state index contributed by atoms with van der Waals surface area (Å²) in [6.45, 7) is 0.447. The molecule has 3 rings (SSSR count). The highest BCUT2D eigenvalue weighted by atomic mass is 16.5. The molecule has 2 amide bonds. The molecule has 2 N–H and O–H groups in total. The van der Waals surface area contributed by atoms with Crippen LogP contribution in [0.15, 0.2) is 54.6 Å². The van der Waals surface area contributed by atoms with Crippen molar-refractivity contribution in [1.82, 2.24) is 5.48 Å². The van der Waals surface area contributed by atoms with E-state index in [0.29, 0.717) is 23.5 Å². The lowest BCUT2D eigenvalue weighted by Gasteiger charge is -2.29. The minimum atomic E-state index is -0.624. The Balaban J connectivity index is 1.91. The molecule has 0 aliphatic carbocycles. The normalized spacial score (nSPS) is 13.5. The Morgan fingerprint density at radius 1 is 1.25 bits per heavy atom. The molecule has 122 valence electrons. The van der Waals surface area contributed by atoms with Crippen molar-refractivity contribution in [1.29, 1.82) is 0 Å². The molecule has 2 aromatic carbocycles. The number of rotatable bonds is 4. The van der Waals surface area contributed by atoms with Gasteiger partial charge in [-0.2, -0.15) is 0 Å². The van der Waals surface area contributed by atoms with Gasteiger partial charge in [-0.1, -0.05) is 36.4 Å². The first-order chi connectivity index (χ1) is 11.7. The van der Waals surface area contributed by atoms with E-state index in [4.69, 9.17) is 9.94 Å². The lowest BCUT2D eigenvalue weighted by atomic mass is 10.1. The highest BCUT2D eigenvalue weighted by molar-refractivity contribution is 5.98. The molecule has 6 nitrogen and oxygen atoms in total. The van der Waals surface area contributed by atoms with E-state index in [1.807, 2.05) is 30.3 Å². The fourth-order valence-corrected chi connectivity index (χ4v) is 2.47. The molecule has 0 fully saturated rings. The van der Waals surface area contributed by atoms with E-state index < -0.39 is 5.91 Å². The molecule has 0 radical (unpaired) electrons. The number of nitrogens with one attached hydrogen (secondary N) is 1. The highest BCUT2D eigenvalue weighted by Gasteiger charge is 2.25. The third kappa shape index (κ3) is 3.44. The zero-order valence-electron chi connectivity index (χ0n) is 12.8. The van der Waals surface area contributed by atoms with E-state index in [-0.39, 0.29) is 12.5 Å². The molecular formula is C18H16N2O4. The van der Waals surface area contributed by atoms with E-state index in [9.17, 15) is 9.59 Å². The maximum Gasteiger partial charge on any atom is 0.267 e. The molecule has 1 heterocycles. The van der Waals surface area contributed by atoms with E-state index in [1.54, 1.807) is 29.2 Å². The average molecular weight is 324 g/mol. The Labute approximate surface area is 138 Å². The summed E-state index contributed by atoms with van der Waals surface area (Å²) in [6, 6.07) is 15.0. The molecule has 0 bridgehead atoms. The number of anilines is 1. The van der Waals surface area contributed by atoms with Crippen molar-refractivity contribution in [2.24, 2.45) is 0 Å². The summed E-state index contributed by atoms with van der Waals surface area (Å²) in [5, 5.41) is 8.52. The van der Waals surface area contributed by atoms with Gasteiger partial charge in [-0.15, -0.1) is 0 Å². The molecule has 24 heavy (non-hydrogen) atoms. The van der Waals surface area contributed by atoms with Gasteiger partial charge in [0, 0.05) is 6.08 Å². The molecule has 1 aliphatic heterocycles. The Kier molecular flexibility index (Phi) is 4.58. The van der Waals surface area contributed by atoms with E-state index in [1.165, 1.54) is 11.6 Å². The van der Waals surface area contributed by atoms with Crippen LogP contribution in [0.3, 0.4) is 0 Å². The number of carbonyl (C=O) groups is 2. The van der Waals surface area contributed by atoms with Crippen LogP contribution < -0.4 is 15.1 Å². The van der Waals surface area contributed by atoms with Gasteiger partial charge in [0.05, 0.1) is 12.2 Å². The minimum Gasteiger partial charge on any atom is -0.482 e. The first-order valence-electron chi connectivity index (χ1n) is 7.40. The van der Waals surface area contributed by atoms with Crippen LogP contribution in [0.4, 0.5) is 5.69 Å². The second kappa shape index (κ2) is 6.97. The van der Waals surface area contributed by atoms with Crippen LogP contribution in [0.25, 0.3) is 6.08 Å². The van der Waals surface area contributed by atoms with Crippen LogP contribution in [-0.2, 0) is 16.1 Å². The summed E-state index contributed by atoms with van der Waals surface area (Å²) >= 11 is 0. The molecule has 1 aliphatic rings. The van der Waals surface area contributed by atoms with Gasteiger partial charge >= 0.3 is 0 Å². The summed E-state index contributed by atoms with van der Waals surface area (Å²) < 4.78 is 5.47. The van der Waals surface area contributed by atoms with Crippen LogP contribution in [-0.4, -0.2) is 23.6 Å². The van der Waals surface area contributed by atoms with Crippen LogP contribution in [0.5, 0.6) is 5.75 Å². The minimum absolute atomic E-state index is 0.00192. The molecule has 0 saturated carbocycles. The number of benzene rings is 2. The van der Waals surface area contributed by atoms with Crippen molar-refractivity contribution in [3.63, 3.8) is 0 Å². The standard InChI is InChI=1S/C18H16N2O4/c21-17(19-23)9-7-13-6-8-16-15(10-13)20(18(22)12-24-16)11-14-4-2-1-3-5-14/h1-10,23H,11-12H2,(H,19,21)/b9-7+. The summed E-state index contributed by atoms with van der Waals surface area (Å²) in [5.41, 5.74) is 3.92. The van der Waals surface area contributed by atoms with Crippen molar-refractivity contribution in [2.45, 2.75) is 6.54 Å². The second-order valence-electron chi connectivity index (χ2n) is 5.29. The van der Waals surface area contributed by atoms with Crippen molar-refractivity contribution >= 4 is 23.6 Å². The summed E-state index contributed by atoms with van der Waals surface area (Å²) in [6.07, 6.45) is 2.75. The molecule has 2 aromatic rings. The van der Waals surface area contributed by atoms with Crippen LogP contribution in [0.2, 0.25) is 0 Å². The number of nitrogens with zero attached hydrogens (tertiary/aromatic N) is 1. The molecule has 0 aromatic heterocycles. The van der Waals surface area contributed by atoms with Gasteiger partial charge in [-0.3, -0.25) is 14.8 Å².